The fourth-order valence-electron chi connectivity index (χ4n) is 2.14. The van der Waals surface area contributed by atoms with E-state index in [1.165, 1.54) is 11.3 Å². The van der Waals surface area contributed by atoms with Gasteiger partial charge < -0.3 is 9.73 Å². The molecule has 3 rings (SSSR count). The van der Waals surface area contributed by atoms with Crippen molar-refractivity contribution in [1.82, 2.24) is 15.5 Å². The molecule has 0 aliphatic heterocycles. The number of aromatic nitrogens is 2. The summed E-state index contributed by atoms with van der Waals surface area (Å²) in [5.74, 6) is 0.775. The molecule has 0 saturated heterocycles. The Morgan fingerprint density at radius 1 is 1.23 bits per heavy atom. The molecule has 2 heterocycles. The number of carbonyl (C=O) groups is 1. The maximum absolute atomic E-state index is 12.3. The summed E-state index contributed by atoms with van der Waals surface area (Å²) in [6.07, 6.45) is 0.597. The Morgan fingerprint density at radius 3 is 2.68 bits per heavy atom. The van der Waals surface area contributed by atoms with Crippen molar-refractivity contribution in [1.29, 1.82) is 0 Å². The van der Waals surface area contributed by atoms with Gasteiger partial charge in [-0.05, 0) is 17.0 Å². The van der Waals surface area contributed by atoms with Gasteiger partial charge in [-0.1, -0.05) is 36.4 Å². The monoisotopic (exact) mass is 313 g/mol. The average Bonchev–Trinajstić information content (AvgIpc) is 3.19. The van der Waals surface area contributed by atoms with Crippen LogP contribution in [0.4, 0.5) is 0 Å². The molecule has 5 nitrogen and oxygen atoms in total. The van der Waals surface area contributed by atoms with E-state index in [0.29, 0.717) is 23.1 Å². The highest BCUT2D eigenvalue weighted by molar-refractivity contribution is 7.12. The van der Waals surface area contributed by atoms with Crippen LogP contribution in [0.2, 0.25) is 0 Å². The molecular formula is C16H15N3O2S. The molecule has 1 N–H and O–H groups in total. The van der Waals surface area contributed by atoms with Gasteiger partial charge in [-0.3, -0.25) is 4.79 Å². The number of thiophene rings is 1. The third kappa shape index (κ3) is 3.40. The molecule has 6 heteroatoms. The molecule has 0 bridgehead atoms. The lowest BCUT2D eigenvalue weighted by molar-refractivity contribution is 0.0934. The maximum Gasteiger partial charge on any atom is 0.262 e. The lowest BCUT2D eigenvalue weighted by Gasteiger charge is -2.14. The molecule has 0 saturated carbocycles. The van der Waals surface area contributed by atoms with Crippen molar-refractivity contribution in [2.75, 3.05) is 0 Å². The van der Waals surface area contributed by atoms with E-state index in [1.54, 1.807) is 13.0 Å². The van der Waals surface area contributed by atoms with Gasteiger partial charge in [0.2, 0.25) is 11.8 Å². The van der Waals surface area contributed by atoms with E-state index in [2.05, 4.69) is 15.5 Å². The molecule has 0 fully saturated rings. The zero-order valence-electron chi connectivity index (χ0n) is 12.0. The smallest absolute Gasteiger partial charge is 0.262 e. The van der Waals surface area contributed by atoms with Gasteiger partial charge in [-0.25, -0.2) is 0 Å². The molecule has 1 aromatic carbocycles. The maximum atomic E-state index is 12.3. The first kappa shape index (κ1) is 14.5. The van der Waals surface area contributed by atoms with Crippen LogP contribution in [0.1, 0.15) is 33.1 Å². The van der Waals surface area contributed by atoms with E-state index in [-0.39, 0.29) is 11.9 Å². The van der Waals surface area contributed by atoms with E-state index in [0.717, 1.165) is 5.56 Å². The van der Waals surface area contributed by atoms with Crippen molar-refractivity contribution in [2.24, 2.45) is 0 Å². The van der Waals surface area contributed by atoms with Crippen LogP contribution in [0.15, 0.2) is 52.3 Å². The summed E-state index contributed by atoms with van der Waals surface area (Å²) in [6, 6.07) is 13.2. The minimum atomic E-state index is -0.349. The van der Waals surface area contributed by atoms with Crippen LogP contribution in [0.3, 0.4) is 0 Å². The predicted octanol–water partition coefficient (Wildman–Crippen LogP) is 3.15. The first-order chi connectivity index (χ1) is 10.7. The lowest BCUT2D eigenvalue weighted by Crippen LogP contribution is -2.29. The van der Waals surface area contributed by atoms with Crippen molar-refractivity contribution in [2.45, 2.75) is 19.4 Å². The van der Waals surface area contributed by atoms with Gasteiger partial charge in [0.25, 0.3) is 5.91 Å². The number of aryl methyl sites for hydroxylation is 1. The summed E-state index contributed by atoms with van der Waals surface area (Å²) in [4.78, 5) is 13.0. The van der Waals surface area contributed by atoms with Crippen LogP contribution in [0, 0.1) is 6.92 Å². The highest BCUT2D eigenvalue weighted by atomic mass is 32.1. The molecule has 0 spiro atoms. The summed E-state index contributed by atoms with van der Waals surface area (Å²) < 4.78 is 5.50. The SMILES string of the molecule is Cc1nnc(C(Cc2ccccc2)NC(=O)c2cccs2)o1. The van der Waals surface area contributed by atoms with E-state index in [4.69, 9.17) is 4.42 Å². The Kier molecular flexibility index (Phi) is 4.29. The molecule has 0 aliphatic carbocycles. The molecule has 22 heavy (non-hydrogen) atoms. The average molecular weight is 313 g/mol. The highest BCUT2D eigenvalue weighted by Crippen LogP contribution is 2.19. The molecule has 1 unspecified atom stereocenters. The Bertz CT molecular complexity index is 738. The zero-order valence-corrected chi connectivity index (χ0v) is 12.8. The van der Waals surface area contributed by atoms with Gasteiger partial charge in [0.15, 0.2) is 0 Å². The van der Waals surface area contributed by atoms with Crippen LogP contribution in [0.5, 0.6) is 0 Å². The number of hydrogen-bond acceptors (Lipinski definition) is 5. The number of carbonyl (C=O) groups excluding carboxylic acids is 1. The standard InChI is InChI=1S/C16H15N3O2S/c1-11-18-19-16(21-11)13(10-12-6-3-2-4-7-12)17-15(20)14-8-5-9-22-14/h2-9,13H,10H2,1H3,(H,17,20). The fourth-order valence-corrected chi connectivity index (χ4v) is 2.77. The van der Waals surface area contributed by atoms with Crippen molar-refractivity contribution in [3.63, 3.8) is 0 Å². The quantitative estimate of drug-likeness (QED) is 0.785. The topological polar surface area (TPSA) is 68.0 Å². The molecule has 3 aromatic rings. The van der Waals surface area contributed by atoms with E-state index >= 15 is 0 Å². The van der Waals surface area contributed by atoms with Crippen molar-refractivity contribution in [3.05, 3.63) is 70.1 Å². The van der Waals surface area contributed by atoms with Gasteiger partial charge in [0.05, 0.1) is 4.88 Å². The van der Waals surface area contributed by atoms with E-state index in [9.17, 15) is 4.79 Å². The van der Waals surface area contributed by atoms with Gasteiger partial charge in [0, 0.05) is 13.3 Å². The lowest BCUT2D eigenvalue weighted by atomic mass is 10.1. The number of nitrogens with one attached hydrogen (secondary N) is 1. The summed E-state index contributed by atoms with van der Waals surface area (Å²) in [5.41, 5.74) is 1.09. The molecule has 2 aromatic heterocycles. The summed E-state index contributed by atoms with van der Waals surface area (Å²) in [7, 11) is 0. The van der Waals surface area contributed by atoms with E-state index in [1.807, 2.05) is 41.8 Å². The molecular weight excluding hydrogens is 298 g/mol. The Balaban J connectivity index is 1.81. The molecule has 1 amide bonds. The van der Waals surface area contributed by atoms with Crippen molar-refractivity contribution in [3.8, 4) is 0 Å². The number of rotatable bonds is 5. The van der Waals surface area contributed by atoms with Crippen molar-refractivity contribution >= 4 is 17.2 Å². The summed E-state index contributed by atoms with van der Waals surface area (Å²) in [6.45, 7) is 1.73. The second kappa shape index (κ2) is 6.53. The molecule has 0 radical (unpaired) electrons. The minimum absolute atomic E-state index is 0.133. The van der Waals surface area contributed by atoms with Gasteiger partial charge in [-0.15, -0.1) is 21.5 Å². The van der Waals surface area contributed by atoms with Gasteiger partial charge in [-0.2, -0.15) is 0 Å². The summed E-state index contributed by atoms with van der Waals surface area (Å²) >= 11 is 1.40. The fraction of sp³-hybridized carbons (Fsp3) is 0.188. The third-order valence-corrected chi connectivity index (χ3v) is 4.04. The second-order valence-corrected chi connectivity index (χ2v) is 5.80. The van der Waals surface area contributed by atoms with Crippen LogP contribution in [-0.2, 0) is 6.42 Å². The summed E-state index contributed by atoms with van der Waals surface area (Å²) in [5, 5.41) is 12.7. The minimum Gasteiger partial charge on any atom is -0.423 e. The van der Waals surface area contributed by atoms with Crippen LogP contribution in [0.25, 0.3) is 0 Å². The third-order valence-electron chi connectivity index (χ3n) is 3.17. The predicted molar refractivity (Wildman–Crippen MR) is 83.7 cm³/mol. The molecule has 1 atom stereocenters. The first-order valence-electron chi connectivity index (χ1n) is 6.90. The highest BCUT2D eigenvalue weighted by Gasteiger charge is 2.22. The number of amides is 1. The Morgan fingerprint density at radius 2 is 2.05 bits per heavy atom. The van der Waals surface area contributed by atoms with E-state index < -0.39 is 0 Å². The molecule has 112 valence electrons. The van der Waals surface area contributed by atoms with Crippen molar-refractivity contribution < 1.29 is 9.21 Å². The number of hydrogen-bond donors (Lipinski definition) is 1. The van der Waals surface area contributed by atoms with Crippen LogP contribution in [-0.4, -0.2) is 16.1 Å². The zero-order chi connectivity index (χ0) is 15.4. The number of benzene rings is 1. The van der Waals surface area contributed by atoms with Crippen LogP contribution < -0.4 is 5.32 Å². The largest absolute Gasteiger partial charge is 0.423 e. The number of nitrogens with zero attached hydrogens (tertiary/aromatic N) is 2. The molecule has 0 aliphatic rings. The van der Waals surface area contributed by atoms with Gasteiger partial charge >= 0.3 is 0 Å². The Labute approximate surface area is 132 Å². The van der Waals surface area contributed by atoms with Crippen LogP contribution >= 0.6 is 11.3 Å². The Hall–Kier alpha value is -2.47. The normalized spacial score (nSPS) is 12.0. The van der Waals surface area contributed by atoms with Gasteiger partial charge in [0.1, 0.15) is 6.04 Å². The second-order valence-electron chi connectivity index (χ2n) is 4.85. The first-order valence-corrected chi connectivity index (χ1v) is 7.78.